The molecule has 1 fully saturated rings. The maximum atomic E-state index is 13.8. The SMILES string of the molecule is C[C@H]1CCC(Nc2ncc(C(F)(F)F)c(-c3c[nH]c4c(P(C)C)c(C#N)ccc34)n2)CN1. The molecule has 3 heterocycles. The summed E-state index contributed by atoms with van der Waals surface area (Å²) in [5, 5.41) is 17.5. The molecule has 3 N–H and O–H groups in total. The number of piperidine rings is 1. The maximum absolute atomic E-state index is 13.8. The Morgan fingerprint density at radius 1 is 1.25 bits per heavy atom. The zero-order valence-electron chi connectivity index (χ0n) is 18.0. The Balaban J connectivity index is 1.82. The van der Waals surface area contributed by atoms with Crippen molar-refractivity contribution in [3.05, 3.63) is 35.7 Å². The van der Waals surface area contributed by atoms with E-state index in [1.54, 1.807) is 18.3 Å². The van der Waals surface area contributed by atoms with Gasteiger partial charge in [0, 0.05) is 47.3 Å². The standard InChI is InChI=1S/C22H24F3N6P/c1-12-4-6-14(9-27-12)30-21-29-11-17(22(23,24)25)18(31-21)16-10-28-19-15(16)7-5-13(8-26)20(19)32(2)3/h5,7,10-12,14,27-28H,4,6,9H2,1-3H3,(H,29,30,31)/t12-,14?/m0/s1. The summed E-state index contributed by atoms with van der Waals surface area (Å²) in [6.07, 6.45) is -0.359. The summed E-state index contributed by atoms with van der Waals surface area (Å²) in [5.74, 6) is 0.172. The number of aromatic amines is 1. The minimum absolute atomic E-state index is 0.0484. The van der Waals surface area contributed by atoms with E-state index in [1.807, 2.05) is 13.3 Å². The minimum atomic E-state index is -4.60. The van der Waals surface area contributed by atoms with Crippen molar-refractivity contribution in [3.8, 4) is 17.3 Å². The lowest BCUT2D eigenvalue weighted by Crippen LogP contribution is -2.43. The molecule has 6 nitrogen and oxygen atoms in total. The van der Waals surface area contributed by atoms with E-state index in [0.717, 1.165) is 24.3 Å². The van der Waals surface area contributed by atoms with Crippen LogP contribution in [0, 0.1) is 11.3 Å². The molecule has 4 rings (SSSR count). The summed E-state index contributed by atoms with van der Waals surface area (Å²) in [7, 11) is -0.658. The number of hydrogen-bond acceptors (Lipinski definition) is 5. The Morgan fingerprint density at radius 2 is 2.03 bits per heavy atom. The van der Waals surface area contributed by atoms with Crippen LogP contribution in [-0.4, -0.2) is 46.9 Å². The predicted octanol–water partition coefficient (Wildman–Crippen LogP) is 4.43. The van der Waals surface area contributed by atoms with E-state index >= 15 is 0 Å². The number of halogens is 3. The molecule has 0 radical (unpaired) electrons. The quantitative estimate of drug-likeness (QED) is 0.501. The number of rotatable bonds is 4. The summed E-state index contributed by atoms with van der Waals surface area (Å²) >= 11 is 0. The number of nitrogens with zero attached hydrogens (tertiary/aromatic N) is 3. The van der Waals surface area contributed by atoms with Crippen LogP contribution in [0.25, 0.3) is 22.2 Å². The smallest absolute Gasteiger partial charge is 0.360 e. The van der Waals surface area contributed by atoms with Crippen molar-refractivity contribution in [2.45, 2.75) is 38.0 Å². The largest absolute Gasteiger partial charge is 0.419 e. The first-order valence-corrected chi connectivity index (χ1v) is 12.6. The molecule has 1 aliphatic heterocycles. The third-order valence-electron chi connectivity index (χ3n) is 5.74. The molecule has 2 aromatic heterocycles. The van der Waals surface area contributed by atoms with E-state index in [4.69, 9.17) is 0 Å². The van der Waals surface area contributed by atoms with Crippen LogP contribution >= 0.6 is 7.92 Å². The Morgan fingerprint density at radius 3 is 2.66 bits per heavy atom. The Hall–Kier alpha value is -2.69. The lowest BCUT2D eigenvalue weighted by Gasteiger charge is -2.28. The fourth-order valence-corrected chi connectivity index (χ4v) is 5.34. The first-order valence-electron chi connectivity index (χ1n) is 10.3. The van der Waals surface area contributed by atoms with Gasteiger partial charge in [-0.3, -0.25) is 0 Å². The first kappa shape index (κ1) is 22.5. The molecule has 0 amide bonds. The zero-order valence-corrected chi connectivity index (χ0v) is 18.9. The maximum Gasteiger partial charge on any atom is 0.419 e. The van der Waals surface area contributed by atoms with Gasteiger partial charge < -0.3 is 15.6 Å². The van der Waals surface area contributed by atoms with E-state index in [9.17, 15) is 18.4 Å². The van der Waals surface area contributed by atoms with Gasteiger partial charge in [0.15, 0.2) is 0 Å². The van der Waals surface area contributed by atoms with E-state index in [2.05, 4.69) is 38.6 Å². The highest BCUT2D eigenvalue weighted by molar-refractivity contribution is 7.64. The van der Waals surface area contributed by atoms with Gasteiger partial charge in [0.25, 0.3) is 0 Å². The summed E-state index contributed by atoms with van der Waals surface area (Å²) in [6, 6.07) is 6.00. The van der Waals surface area contributed by atoms with E-state index in [0.29, 0.717) is 34.6 Å². The van der Waals surface area contributed by atoms with Crippen molar-refractivity contribution in [3.63, 3.8) is 0 Å². The second-order valence-electron chi connectivity index (χ2n) is 8.27. The number of alkyl halides is 3. The van der Waals surface area contributed by atoms with E-state index < -0.39 is 19.7 Å². The third-order valence-corrected chi connectivity index (χ3v) is 7.10. The predicted molar refractivity (Wildman–Crippen MR) is 122 cm³/mol. The fraction of sp³-hybridized carbons (Fsp3) is 0.409. The summed E-state index contributed by atoms with van der Waals surface area (Å²) in [6.45, 7) is 6.83. The highest BCUT2D eigenvalue weighted by Gasteiger charge is 2.36. The Kier molecular flexibility index (Phi) is 6.11. The van der Waals surface area contributed by atoms with Crippen LogP contribution in [-0.2, 0) is 6.18 Å². The van der Waals surface area contributed by atoms with Crippen molar-refractivity contribution in [2.75, 3.05) is 25.2 Å². The molecule has 1 saturated heterocycles. The molecule has 1 aliphatic rings. The van der Waals surface area contributed by atoms with Crippen molar-refractivity contribution >= 4 is 30.1 Å². The van der Waals surface area contributed by atoms with Gasteiger partial charge in [-0.25, -0.2) is 9.97 Å². The zero-order chi connectivity index (χ0) is 23.0. The van der Waals surface area contributed by atoms with Gasteiger partial charge in [0.2, 0.25) is 5.95 Å². The van der Waals surface area contributed by atoms with Gasteiger partial charge in [-0.05, 0) is 39.2 Å². The Bertz CT molecular complexity index is 1170. The molecule has 2 atom stereocenters. The normalized spacial score (nSPS) is 19.3. The molecule has 10 heteroatoms. The number of benzene rings is 1. The molecule has 1 aromatic carbocycles. The molecular formula is C22H24F3N6P. The van der Waals surface area contributed by atoms with Crippen LogP contribution in [0.3, 0.4) is 0 Å². The average molecular weight is 460 g/mol. The molecule has 0 aliphatic carbocycles. The van der Waals surface area contributed by atoms with E-state index in [-0.39, 0.29) is 17.7 Å². The lowest BCUT2D eigenvalue weighted by atomic mass is 10.0. The summed E-state index contributed by atoms with van der Waals surface area (Å²) in [5.41, 5.74) is 0.492. The second-order valence-corrected chi connectivity index (χ2v) is 10.5. The lowest BCUT2D eigenvalue weighted by molar-refractivity contribution is -0.137. The van der Waals surface area contributed by atoms with Crippen LogP contribution < -0.4 is 15.9 Å². The molecule has 3 aromatic rings. The number of fused-ring (bicyclic) bond motifs is 1. The molecule has 1 unspecified atom stereocenters. The van der Waals surface area contributed by atoms with Gasteiger partial charge in [-0.1, -0.05) is 14.0 Å². The number of nitrogens with one attached hydrogen (secondary N) is 3. The number of aromatic nitrogens is 3. The fourth-order valence-electron chi connectivity index (χ4n) is 4.10. The van der Waals surface area contributed by atoms with Crippen molar-refractivity contribution < 1.29 is 13.2 Å². The highest BCUT2D eigenvalue weighted by atomic mass is 31.1. The van der Waals surface area contributed by atoms with Crippen molar-refractivity contribution in [2.24, 2.45) is 0 Å². The van der Waals surface area contributed by atoms with Gasteiger partial charge >= 0.3 is 6.18 Å². The van der Waals surface area contributed by atoms with Gasteiger partial charge in [0.05, 0.1) is 22.8 Å². The summed E-state index contributed by atoms with van der Waals surface area (Å²) < 4.78 is 41.5. The van der Waals surface area contributed by atoms with Crippen LogP contribution in [0.4, 0.5) is 19.1 Å². The average Bonchev–Trinajstić information content (AvgIpc) is 3.17. The number of H-pyrrole nitrogens is 1. The van der Waals surface area contributed by atoms with Crippen LogP contribution in [0.15, 0.2) is 24.5 Å². The van der Waals surface area contributed by atoms with Gasteiger partial charge in [-0.2, -0.15) is 18.4 Å². The number of anilines is 1. The van der Waals surface area contributed by atoms with Crippen molar-refractivity contribution in [1.29, 1.82) is 5.26 Å². The van der Waals surface area contributed by atoms with Crippen LogP contribution in [0.2, 0.25) is 0 Å². The van der Waals surface area contributed by atoms with Gasteiger partial charge in [-0.15, -0.1) is 0 Å². The number of nitriles is 1. The molecular weight excluding hydrogens is 436 g/mol. The molecule has 168 valence electrons. The number of hydrogen-bond donors (Lipinski definition) is 3. The van der Waals surface area contributed by atoms with Gasteiger partial charge in [0.1, 0.15) is 5.56 Å². The molecule has 32 heavy (non-hydrogen) atoms. The van der Waals surface area contributed by atoms with E-state index in [1.165, 1.54) is 0 Å². The second kappa shape index (κ2) is 8.68. The summed E-state index contributed by atoms with van der Waals surface area (Å²) in [4.78, 5) is 11.4. The molecule has 0 saturated carbocycles. The molecule has 0 spiro atoms. The van der Waals surface area contributed by atoms with Crippen molar-refractivity contribution in [1.82, 2.24) is 20.3 Å². The Labute approximate surface area is 185 Å². The minimum Gasteiger partial charge on any atom is -0.360 e. The molecule has 0 bridgehead atoms. The van der Waals surface area contributed by atoms with Crippen LogP contribution in [0.1, 0.15) is 30.9 Å². The third kappa shape index (κ3) is 4.30. The topological polar surface area (TPSA) is 89.4 Å². The first-order chi connectivity index (χ1) is 15.2. The monoisotopic (exact) mass is 460 g/mol. The highest BCUT2D eigenvalue weighted by Crippen LogP contribution is 2.40. The van der Waals surface area contributed by atoms with Crippen LogP contribution in [0.5, 0.6) is 0 Å².